The number of rotatable bonds is 4. The largest absolute Gasteiger partial charge is 0.354 e. The molecule has 1 fully saturated rings. The molecule has 0 spiro atoms. The second kappa shape index (κ2) is 7.44. The molecule has 2 unspecified atom stereocenters. The Morgan fingerprint density at radius 3 is 2.79 bits per heavy atom. The number of nitrogens with one attached hydrogen (secondary N) is 2. The van der Waals surface area contributed by atoms with Crippen molar-refractivity contribution in [3.63, 3.8) is 0 Å². The fourth-order valence-corrected chi connectivity index (χ4v) is 4.66. The number of nitrogens with zero attached hydrogens (tertiary/aromatic N) is 3. The Bertz CT molecular complexity index is 968. The maximum atomic E-state index is 12.7. The van der Waals surface area contributed by atoms with Gasteiger partial charge < -0.3 is 10.6 Å². The smallest absolute Gasteiger partial charge is 0.228 e. The van der Waals surface area contributed by atoms with E-state index in [1.165, 1.54) is 6.92 Å². The molecule has 2 amide bonds. The van der Waals surface area contributed by atoms with Crippen LogP contribution in [0.1, 0.15) is 45.7 Å². The number of fused-ring (bicyclic) bond motifs is 1. The first kappa shape index (κ1) is 19.9. The molecule has 154 valence electrons. The third-order valence-corrected chi connectivity index (χ3v) is 6.08. The van der Waals surface area contributed by atoms with Gasteiger partial charge in [0.1, 0.15) is 5.82 Å². The minimum atomic E-state index is -0.131. The molecular weight excluding hydrogens is 390 g/mol. The molecule has 2 aromatic rings. The molecule has 0 aromatic carbocycles. The molecule has 1 aliphatic carbocycles. The van der Waals surface area contributed by atoms with Crippen LogP contribution in [0.4, 0.5) is 5.82 Å². The fraction of sp³-hybridized carbons (Fsp3) is 0.524. The van der Waals surface area contributed by atoms with Crippen molar-refractivity contribution in [2.75, 3.05) is 5.32 Å². The van der Waals surface area contributed by atoms with E-state index in [2.05, 4.69) is 34.6 Å². The van der Waals surface area contributed by atoms with Gasteiger partial charge in [0.05, 0.1) is 11.2 Å². The van der Waals surface area contributed by atoms with Gasteiger partial charge in [-0.25, -0.2) is 4.98 Å². The van der Waals surface area contributed by atoms with Gasteiger partial charge in [0.15, 0.2) is 0 Å². The van der Waals surface area contributed by atoms with Crippen LogP contribution in [-0.4, -0.2) is 32.6 Å². The second-order valence-corrected chi connectivity index (χ2v) is 9.36. The zero-order valence-corrected chi connectivity index (χ0v) is 17.7. The first-order valence-electron chi connectivity index (χ1n) is 10.0. The van der Waals surface area contributed by atoms with Crippen molar-refractivity contribution in [1.82, 2.24) is 20.1 Å². The molecular formula is C21H26ClN5O2. The fourth-order valence-electron chi connectivity index (χ4n) is 4.45. The number of aromatic nitrogens is 3. The summed E-state index contributed by atoms with van der Waals surface area (Å²) in [6, 6.07) is 1.89. The standard InChI is InChI=1S/C21H26ClN5O2/c1-12(28)25-14-5-4-13(6-14)20(29)26-19-7-15(17(22)10-23-19)16-9-24-27-11-21(2,3)8-18(16)27/h7,9-10,13-14H,4-6,8,11H2,1-3H3,(H,25,28)(H,23,26,29). The van der Waals surface area contributed by atoms with E-state index in [-0.39, 0.29) is 29.2 Å². The van der Waals surface area contributed by atoms with Gasteiger partial charge in [0.2, 0.25) is 11.8 Å². The molecule has 2 N–H and O–H groups in total. The highest BCUT2D eigenvalue weighted by Crippen LogP contribution is 2.39. The number of amides is 2. The molecule has 7 nitrogen and oxygen atoms in total. The Morgan fingerprint density at radius 1 is 1.24 bits per heavy atom. The van der Waals surface area contributed by atoms with Crippen LogP contribution in [0, 0.1) is 11.3 Å². The highest BCUT2D eigenvalue weighted by atomic mass is 35.5. The van der Waals surface area contributed by atoms with Crippen molar-refractivity contribution in [2.45, 2.75) is 59.0 Å². The monoisotopic (exact) mass is 415 g/mol. The van der Waals surface area contributed by atoms with Crippen molar-refractivity contribution < 1.29 is 9.59 Å². The van der Waals surface area contributed by atoms with Crippen molar-refractivity contribution in [3.05, 3.63) is 29.2 Å². The maximum Gasteiger partial charge on any atom is 0.228 e. The van der Waals surface area contributed by atoms with Crippen LogP contribution < -0.4 is 10.6 Å². The van der Waals surface area contributed by atoms with Crippen LogP contribution in [0.15, 0.2) is 18.5 Å². The molecule has 4 rings (SSSR count). The molecule has 0 radical (unpaired) electrons. The highest BCUT2D eigenvalue weighted by Gasteiger charge is 2.33. The van der Waals surface area contributed by atoms with Crippen molar-refractivity contribution in [3.8, 4) is 11.1 Å². The van der Waals surface area contributed by atoms with E-state index in [4.69, 9.17) is 11.6 Å². The lowest BCUT2D eigenvalue weighted by molar-refractivity contribution is -0.121. The molecule has 0 bridgehead atoms. The predicted octanol–water partition coefficient (Wildman–Crippen LogP) is 3.42. The average molecular weight is 416 g/mol. The summed E-state index contributed by atoms with van der Waals surface area (Å²) >= 11 is 6.44. The number of hydrogen-bond donors (Lipinski definition) is 2. The SMILES string of the molecule is CC(=O)NC1CCC(C(=O)Nc2cc(-c3cnn4c3CC(C)(C)C4)c(Cl)cn2)C1. The lowest BCUT2D eigenvalue weighted by Crippen LogP contribution is -2.31. The number of hydrogen-bond acceptors (Lipinski definition) is 4. The molecule has 29 heavy (non-hydrogen) atoms. The van der Waals surface area contributed by atoms with E-state index in [1.54, 1.807) is 6.20 Å². The van der Waals surface area contributed by atoms with Crippen LogP contribution in [0.5, 0.6) is 0 Å². The maximum absolute atomic E-state index is 12.7. The average Bonchev–Trinajstić information content (AvgIpc) is 3.30. The quantitative estimate of drug-likeness (QED) is 0.800. The van der Waals surface area contributed by atoms with Gasteiger partial charge in [-0.3, -0.25) is 14.3 Å². The highest BCUT2D eigenvalue weighted by molar-refractivity contribution is 6.33. The van der Waals surface area contributed by atoms with Crippen LogP contribution in [0.25, 0.3) is 11.1 Å². The van der Waals surface area contributed by atoms with E-state index in [0.29, 0.717) is 17.3 Å². The van der Waals surface area contributed by atoms with Crippen molar-refractivity contribution in [1.29, 1.82) is 0 Å². The van der Waals surface area contributed by atoms with E-state index in [9.17, 15) is 9.59 Å². The first-order chi connectivity index (χ1) is 13.7. The Morgan fingerprint density at radius 2 is 2.03 bits per heavy atom. The van der Waals surface area contributed by atoms with Crippen LogP contribution >= 0.6 is 11.6 Å². The number of carbonyl (C=O) groups is 2. The molecule has 1 saturated carbocycles. The first-order valence-corrected chi connectivity index (χ1v) is 10.4. The van der Waals surface area contributed by atoms with Crippen molar-refractivity contribution in [2.24, 2.45) is 11.3 Å². The van der Waals surface area contributed by atoms with E-state index < -0.39 is 0 Å². The molecule has 0 saturated heterocycles. The Labute approximate surface area is 175 Å². The summed E-state index contributed by atoms with van der Waals surface area (Å²) in [5, 5.41) is 10.9. The third kappa shape index (κ3) is 4.15. The molecule has 1 aliphatic heterocycles. The van der Waals surface area contributed by atoms with Crippen LogP contribution in [-0.2, 0) is 22.6 Å². The number of anilines is 1. The van der Waals surface area contributed by atoms with Crippen LogP contribution in [0.2, 0.25) is 5.02 Å². The van der Waals surface area contributed by atoms with Crippen molar-refractivity contribution >= 4 is 29.2 Å². The summed E-state index contributed by atoms with van der Waals surface area (Å²) in [4.78, 5) is 28.2. The molecule has 2 aliphatic rings. The summed E-state index contributed by atoms with van der Waals surface area (Å²) in [5.41, 5.74) is 3.15. The normalized spacial score (nSPS) is 22.3. The van der Waals surface area contributed by atoms with Gasteiger partial charge in [0.25, 0.3) is 0 Å². The molecule has 3 heterocycles. The zero-order chi connectivity index (χ0) is 20.8. The number of carbonyl (C=O) groups excluding carboxylic acids is 2. The summed E-state index contributed by atoms with van der Waals surface area (Å²) in [6.45, 7) is 6.83. The number of pyridine rings is 1. The van der Waals surface area contributed by atoms with Gasteiger partial charge in [0, 0.05) is 48.4 Å². The third-order valence-electron chi connectivity index (χ3n) is 5.78. The number of halogens is 1. The van der Waals surface area contributed by atoms with E-state index in [0.717, 1.165) is 42.6 Å². The topological polar surface area (TPSA) is 88.9 Å². The van der Waals surface area contributed by atoms with Gasteiger partial charge >= 0.3 is 0 Å². The van der Waals surface area contributed by atoms with Crippen LogP contribution in [0.3, 0.4) is 0 Å². The lowest BCUT2D eigenvalue weighted by Gasteiger charge is -2.15. The Hall–Kier alpha value is -2.41. The summed E-state index contributed by atoms with van der Waals surface area (Å²) < 4.78 is 2.03. The minimum Gasteiger partial charge on any atom is -0.354 e. The Balaban J connectivity index is 1.50. The summed E-state index contributed by atoms with van der Waals surface area (Å²) in [6.07, 6.45) is 6.56. The zero-order valence-electron chi connectivity index (χ0n) is 17.0. The van der Waals surface area contributed by atoms with Gasteiger partial charge in [-0.15, -0.1) is 0 Å². The minimum absolute atomic E-state index is 0.0584. The van der Waals surface area contributed by atoms with Gasteiger partial charge in [-0.2, -0.15) is 5.10 Å². The summed E-state index contributed by atoms with van der Waals surface area (Å²) in [7, 11) is 0. The Kier molecular flexibility index (Phi) is 5.11. The van der Waals surface area contributed by atoms with Gasteiger partial charge in [-0.1, -0.05) is 25.4 Å². The molecule has 2 atom stereocenters. The van der Waals surface area contributed by atoms with Gasteiger partial charge in [-0.05, 0) is 37.2 Å². The predicted molar refractivity (Wildman–Crippen MR) is 112 cm³/mol. The lowest BCUT2D eigenvalue weighted by atomic mass is 9.89. The summed E-state index contributed by atoms with van der Waals surface area (Å²) in [5.74, 6) is 0.223. The molecule has 8 heteroatoms. The van der Waals surface area contributed by atoms with E-state index in [1.807, 2.05) is 16.9 Å². The molecule has 2 aromatic heterocycles. The second-order valence-electron chi connectivity index (χ2n) is 8.95. The van der Waals surface area contributed by atoms with E-state index >= 15 is 0 Å².